The molecule has 2 aliphatic rings. The van der Waals surface area contributed by atoms with Crippen molar-refractivity contribution < 1.29 is 8.78 Å². The van der Waals surface area contributed by atoms with Crippen LogP contribution in [0.25, 0.3) is 0 Å². The third-order valence-electron chi connectivity index (χ3n) is 2.77. The first-order valence-corrected chi connectivity index (χ1v) is 3.75. The summed E-state index contributed by atoms with van der Waals surface area (Å²) in [6.07, 6.45) is 1.47. The molecule has 0 radical (unpaired) electrons. The topological polar surface area (TPSA) is 12.0 Å². The summed E-state index contributed by atoms with van der Waals surface area (Å²) in [6, 6.07) is 0. The molecule has 1 nitrogen and oxygen atoms in total. The van der Waals surface area contributed by atoms with Crippen LogP contribution in [-0.4, -0.2) is 19.0 Å². The van der Waals surface area contributed by atoms with E-state index in [-0.39, 0.29) is 6.42 Å². The molecular formula is C7H11F2N. The van der Waals surface area contributed by atoms with Crippen LogP contribution in [-0.2, 0) is 0 Å². The van der Waals surface area contributed by atoms with Gasteiger partial charge in [0.05, 0.1) is 0 Å². The largest absolute Gasteiger partial charge is 0.317 e. The zero-order chi connectivity index (χ0) is 7.24. The second kappa shape index (κ2) is 1.70. The van der Waals surface area contributed by atoms with Crippen LogP contribution in [0.2, 0.25) is 0 Å². The lowest BCUT2D eigenvalue weighted by Gasteiger charge is -2.21. The van der Waals surface area contributed by atoms with Gasteiger partial charge in [0.1, 0.15) is 0 Å². The number of hydrogen-bond acceptors (Lipinski definition) is 1. The van der Waals surface area contributed by atoms with E-state index in [2.05, 4.69) is 5.32 Å². The highest BCUT2D eigenvalue weighted by Crippen LogP contribution is 2.65. The minimum Gasteiger partial charge on any atom is -0.317 e. The van der Waals surface area contributed by atoms with Crippen molar-refractivity contribution in [3.63, 3.8) is 0 Å². The lowest BCUT2D eigenvalue weighted by molar-refractivity contribution is 0.0510. The van der Waals surface area contributed by atoms with Crippen molar-refractivity contribution >= 4 is 0 Å². The summed E-state index contributed by atoms with van der Waals surface area (Å²) in [4.78, 5) is 0. The quantitative estimate of drug-likeness (QED) is 0.546. The van der Waals surface area contributed by atoms with E-state index in [9.17, 15) is 8.78 Å². The van der Waals surface area contributed by atoms with Crippen LogP contribution in [0.5, 0.6) is 0 Å². The van der Waals surface area contributed by atoms with Gasteiger partial charge in [-0.25, -0.2) is 8.78 Å². The highest BCUT2D eigenvalue weighted by molar-refractivity contribution is 5.11. The van der Waals surface area contributed by atoms with Gasteiger partial charge in [-0.3, -0.25) is 0 Å². The van der Waals surface area contributed by atoms with Crippen molar-refractivity contribution in [2.24, 2.45) is 5.41 Å². The first-order valence-electron chi connectivity index (χ1n) is 3.75. The minimum absolute atomic E-state index is 0.141. The Hall–Kier alpha value is -0.180. The van der Waals surface area contributed by atoms with Gasteiger partial charge in [-0.15, -0.1) is 0 Å². The monoisotopic (exact) mass is 147 g/mol. The molecule has 1 heterocycles. The molecular weight excluding hydrogens is 136 g/mol. The Morgan fingerprint density at radius 1 is 1.10 bits per heavy atom. The molecule has 1 N–H and O–H groups in total. The van der Waals surface area contributed by atoms with Crippen molar-refractivity contribution in [1.29, 1.82) is 0 Å². The lowest BCUT2D eigenvalue weighted by Crippen LogP contribution is -2.31. The number of alkyl halides is 2. The summed E-state index contributed by atoms with van der Waals surface area (Å²) in [5.41, 5.74) is -0.571. The second-order valence-electron chi connectivity index (χ2n) is 3.41. The third-order valence-corrected chi connectivity index (χ3v) is 2.77. The first kappa shape index (κ1) is 6.53. The highest BCUT2D eigenvalue weighted by Gasteiger charge is 2.70. The fourth-order valence-electron chi connectivity index (χ4n) is 1.83. The smallest absolute Gasteiger partial charge is 0.254 e. The summed E-state index contributed by atoms with van der Waals surface area (Å²) >= 11 is 0. The van der Waals surface area contributed by atoms with E-state index in [0.29, 0.717) is 12.8 Å². The van der Waals surface area contributed by atoms with Crippen molar-refractivity contribution in [1.82, 2.24) is 5.32 Å². The predicted octanol–water partition coefficient (Wildman–Crippen LogP) is 1.40. The molecule has 0 amide bonds. The molecule has 2 rings (SSSR count). The molecule has 1 saturated heterocycles. The molecule has 0 aromatic rings. The van der Waals surface area contributed by atoms with Crippen LogP contribution in [0, 0.1) is 5.41 Å². The molecule has 0 atom stereocenters. The predicted molar refractivity (Wildman–Crippen MR) is 34.1 cm³/mol. The number of halogens is 2. The summed E-state index contributed by atoms with van der Waals surface area (Å²) < 4.78 is 25.3. The number of piperidine rings is 1. The molecule has 1 spiro atoms. The SMILES string of the molecule is FC1(F)CC12CCNCC2. The van der Waals surface area contributed by atoms with Gasteiger partial charge >= 0.3 is 0 Å². The van der Waals surface area contributed by atoms with E-state index < -0.39 is 11.3 Å². The van der Waals surface area contributed by atoms with E-state index in [1.54, 1.807) is 0 Å². The zero-order valence-corrected chi connectivity index (χ0v) is 5.79. The van der Waals surface area contributed by atoms with Crippen LogP contribution in [0.1, 0.15) is 19.3 Å². The van der Waals surface area contributed by atoms with E-state index in [4.69, 9.17) is 0 Å². The standard InChI is InChI=1S/C7H11F2N/c8-7(9)5-6(7)1-3-10-4-2-6/h10H,1-5H2. The maximum atomic E-state index is 12.6. The van der Waals surface area contributed by atoms with Crippen molar-refractivity contribution in [2.45, 2.75) is 25.2 Å². The molecule has 1 aliphatic heterocycles. The Bertz CT molecular complexity index is 150. The normalized spacial score (nSPS) is 34.2. The number of nitrogens with one attached hydrogen (secondary N) is 1. The maximum Gasteiger partial charge on any atom is 0.254 e. The summed E-state index contributed by atoms with van der Waals surface area (Å²) in [7, 11) is 0. The number of hydrogen-bond donors (Lipinski definition) is 1. The maximum absolute atomic E-state index is 12.6. The fraction of sp³-hybridized carbons (Fsp3) is 1.00. The third kappa shape index (κ3) is 0.698. The second-order valence-corrected chi connectivity index (χ2v) is 3.41. The molecule has 3 heteroatoms. The average molecular weight is 147 g/mol. The fourth-order valence-corrected chi connectivity index (χ4v) is 1.83. The molecule has 2 fully saturated rings. The molecule has 1 aliphatic carbocycles. The molecule has 58 valence electrons. The van der Waals surface area contributed by atoms with E-state index in [0.717, 1.165) is 13.1 Å². The van der Waals surface area contributed by atoms with Gasteiger partial charge in [0.25, 0.3) is 5.92 Å². The van der Waals surface area contributed by atoms with E-state index >= 15 is 0 Å². The van der Waals surface area contributed by atoms with Crippen LogP contribution in [0.15, 0.2) is 0 Å². The van der Waals surface area contributed by atoms with Crippen LogP contribution in [0.3, 0.4) is 0 Å². The molecule has 0 aromatic carbocycles. The van der Waals surface area contributed by atoms with Gasteiger partial charge in [-0.2, -0.15) is 0 Å². The molecule has 1 saturated carbocycles. The van der Waals surface area contributed by atoms with Crippen LogP contribution in [0.4, 0.5) is 8.78 Å². The minimum atomic E-state index is -2.32. The lowest BCUT2D eigenvalue weighted by atomic mass is 9.94. The van der Waals surface area contributed by atoms with E-state index in [1.165, 1.54) is 0 Å². The Balaban J connectivity index is 2.05. The van der Waals surface area contributed by atoms with Crippen molar-refractivity contribution in [2.75, 3.05) is 13.1 Å². The van der Waals surface area contributed by atoms with Gasteiger partial charge in [0.2, 0.25) is 0 Å². The van der Waals surface area contributed by atoms with Gasteiger partial charge in [0.15, 0.2) is 0 Å². The van der Waals surface area contributed by atoms with Crippen LogP contribution >= 0.6 is 0 Å². The summed E-state index contributed by atoms with van der Waals surface area (Å²) in [5, 5.41) is 3.08. The van der Waals surface area contributed by atoms with Crippen molar-refractivity contribution in [3.05, 3.63) is 0 Å². The van der Waals surface area contributed by atoms with Crippen LogP contribution < -0.4 is 5.32 Å². The van der Waals surface area contributed by atoms with Crippen molar-refractivity contribution in [3.8, 4) is 0 Å². The first-order chi connectivity index (χ1) is 4.66. The van der Waals surface area contributed by atoms with Gasteiger partial charge in [-0.05, 0) is 25.9 Å². The Morgan fingerprint density at radius 3 is 1.90 bits per heavy atom. The molecule has 10 heavy (non-hydrogen) atoms. The highest BCUT2D eigenvalue weighted by atomic mass is 19.3. The zero-order valence-electron chi connectivity index (χ0n) is 5.79. The number of rotatable bonds is 0. The molecule has 0 unspecified atom stereocenters. The Morgan fingerprint density at radius 2 is 1.60 bits per heavy atom. The Labute approximate surface area is 58.8 Å². The van der Waals surface area contributed by atoms with Gasteiger partial charge in [-0.1, -0.05) is 0 Å². The molecule has 0 aromatic heterocycles. The van der Waals surface area contributed by atoms with Gasteiger partial charge in [0, 0.05) is 11.8 Å². The summed E-state index contributed by atoms with van der Waals surface area (Å²) in [6.45, 7) is 1.55. The Kier molecular flexibility index (Phi) is 1.11. The average Bonchev–Trinajstić information content (AvgIpc) is 2.36. The summed E-state index contributed by atoms with van der Waals surface area (Å²) in [5.74, 6) is -2.32. The molecule has 0 bridgehead atoms. The van der Waals surface area contributed by atoms with Gasteiger partial charge < -0.3 is 5.32 Å². The van der Waals surface area contributed by atoms with E-state index in [1.807, 2.05) is 0 Å².